The highest BCUT2D eigenvalue weighted by atomic mass is 35.5. The molecule has 1 heterocycles. The number of halogens is 3. The van der Waals surface area contributed by atoms with Crippen molar-refractivity contribution in [3.05, 3.63) is 68.7 Å². The first-order valence-corrected chi connectivity index (χ1v) is 18.5. The van der Waals surface area contributed by atoms with Crippen LogP contribution in [0.5, 0.6) is 0 Å². The molecule has 13 nitrogen and oxygen atoms in total. The Morgan fingerprint density at radius 3 is 1.96 bits per heavy atom. The van der Waals surface area contributed by atoms with Gasteiger partial charge in [-0.25, -0.2) is 0 Å². The van der Waals surface area contributed by atoms with Crippen molar-refractivity contribution < 1.29 is 23.8 Å². The molecule has 0 spiro atoms. The Hall–Kier alpha value is -3.76. The molecule has 3 rings (SSSR count). The number of ether oxygens (including phenoxy) is 3. The molecular weight excluding hydrogens is 743 g/mol. The summed E-state index contributed by atoms with van der Waals surface area (Å²) in [5, 5.41) is 33.8. The number of hydrogen-bond acceptors (Lipinski definition) is 11. The van der Waals surface area contributed by atoms with E-state index in [9.17, 15) is 9.59 Å². The average molecular weight is 790 g/mol. The van der Waals surface area contributed by atoms with Gasteiger partial charge in [-0.1, -0.05) is 46.9 Å². The third-order valence-electron chi connectivity index (χ3n) is 8.25. The minimum Gasteiger partial charge on any atom is -0.379 e. The molecule has 2 aromatic carbocycles. The third kappa shape index (κ3) is 16.0. The van der Waals surface area contributed by atoms with Crippen molar-refractivity contribution >= 4 is 63.7 Å². The van der Waals surface area contributed by atoms with Crippen LogP contribution in [0.1, 0.15) is 25.3 Å². The molecule has 0 bridgehead atoms. The van der Waals surface area contributed by atoms with Gasteiger partial charge in [-0.3, -0.25) is 24.8 Å². The van der Waals surface area contributed by atoms with Crippen LogP contribution in [0.25, 0.3) is 5.70 Å². The standard InChI is InChI=1S/C37H47Cl3N8O5/c1-28(36(29-4-6-30(38)7-5-29)45-33-9-8-31(39)26-32(33)40)35(43)37(50)48-15-13-47(14-16-48)27-34(49)44-12-22-53-25-19-46(17-23-51-20-2-10-41)18-24-52-21-3-11-42/h4-9,26,43,45H,2-3,12-25,27H2,1H3,(H,44,49)/b36-28-,43-35?. The quantitative estimate of drug-likeness (QED) is 0.104. The SMILES string of the molecule is C/C(C(=N)C(=O)N1CCN(CC(=O)NCCOCCN(CCOCCC#N)CCOCCC#N)CC1)=C(/Nc1ccc(Cl)cc1Cl)c1ccc(Cl)cc1. The highest BCUT2D eigenvalue weighted by Gasteiger charge is 2.27. The lowest BCUT2D eigenvalue weighted by molar-refractivity contribution is -0.126. The number of anilines is 1. The van der Waals surface area contributed by atoms with Crippen molar-refractivity contribution in [1.82, 2.24) is 20.0 Å². The van der Waals surface area contributed by atoms with Crippen molar-refractivity contribution in [3.63, 3.8) is 0 Å². The minimum absolute atomic E-state index is 0.134. The maximum Gasteiger partial charge on any atom is 0.272 e. The molecule has 3 N–H and O–H groups in total. The van der Waals surface area contributed by atoms with E-state index in [0.29, 0.717) is 137 Å². The Labute approximate surface area is 326 Å². The third-order valence-corrected chi connectivity index (χ3v) is 9.05. The number of nitrogens with zero attached hydrogens (tertiary/aromatic N) is 5. The summed E-state index contributed by atoms with van der Waals surface area (Å²) in [5.41, 5.74) is 2.11. The van der Waals surface area contributed by atoms with Gasteiger partial charge in [-0.15, -0.1) is 0 Å². The molecular formula is C37H47Cl3N8O5. The van der Waals surface area contributed by atoms with Gasteiger partial charge in [-0.2, -0.15) is 10.5 Å². The van der Waals surface area contributed by atoms with Gasteiger partial charge in [0.2, 0.25) is 5.91 Å². The molecule has 0 unspecified atom stereocenters. The number of carbonyl (C=O) groups excluding carboxylic acids is 2. The predicted molar refractivity (Wildman–Crippen MR) is 207 cm³/mol. The molecule has 0 aromatic heterocycles. The first-order chi connectivity index (χ1) is 25.6. The van der Waals surface area contributed by atoms with Crippen LogP contribution in [0.15, 0.2) is 48.0 Å². The second-order valence-corrected chi connectivity index (χ2v) is 13.3. The van der Waals surface area contributed by atoms with E-state index in [1.54, 1.807) is 54.3 Å². The van der Waals surface area contributed by atoms with Gasteiger partial charge in [0.05, 0.1) is 87.6 Å². The molecule has 16 heteroatoms. The second-order valence-electron chi connectivity index (χ2n) is 12.0. The van der Waals surface area contributed by atoms with Crippen LogP contribution in [0.3, 0.4) is 0 Å². The maximum absolute atomic E-state index is 13.5. The van der Waals surface area contributed by atoms with Gasteiger partial charge >= 0.3 is 0 Å². The van der Waals surface area contributed by atoms with Crippen molar-refractivity contribution in [2.45, 2.75) is 19.8 Å². The van der Waals surface area contributed by atoms with Crippen LogP contribution in [-0.4, -0.2) is 131 Å². The van der Waals surface area contributed by atoms with Gasteiger partial charge in [0.25, 0.3) is 5.91 Å². The molecule has 2 amide bonds. The lowest BCUT2D eigenvalue weighted by atomic mass is 10.0. The van der Waals surface area contributed by atoms with Crippen LogP contribution in [-0.2, 0) is 23.8 Å². The number of carbonyl (C=O) groups is 2. The van der Waals surface area contributed by atoms with Crippen molar-refractivity contribution in [1.29, 1.82) is 15.9 Å². The molecule has 1 fully saturated rings. The summed E-state index contributed by atoms with van der Waals surface area (Å²) in [6, 6.07) is 16.2. The van der Waals surface area contributed by atoms with Crippen LogP contribution >= 0.6 is 34.8 Å². The lowest BCUT2D eigenvalue weighted by Gasteiger charge is -2.34. The Morgan fingerprint density at radius 1 is 0.830 bits per heavy atom. The second kappa shape index (κ2) is 24.5. The van der Waals surface area contributed by atoms with Gasteiger partial charge in [0.1, 0.15) is 5.71 Å². The van der Waals surface area contributed by atoms with Gasteiger partial charge < -0.3 is 29.7 Å². The summed E-state index contributed by atoms with van der Waals surface area (Å²) in [6.07, 6.45) is 0.694. The van der Waals surface area contributed by atoms with E-state index in [0.717, 1.165) is 5.56 Å². The zero-order valence-electron chi connectivity index (χ0n) is 30.0. The highest BCUT2D eigenvalue weighted by molar-refractivity contribution is 6.45. The van der Waals surface area contributed by atoms with E-state index in [1.165, 1.54) is 0 Å². The lowest BCUT2D eigenvalue weighted by Crippen LogP contribution is -2.52. The summed E-state index contributed by atoms with van der Waals surface area (Å²) in [4.78, 5) is 31.9. The fraction of sp³-hybridized carbons (Fsp3) is 0.486. The van der Waals surface area contributed by atoms with Crippen molar-refractivity contribution in [3.8, 4) is 12.1 Å². The van der Waals surface area contributed by atoms with E-state index in [-0.39, 0.29) is 18.2 Å². The van der Waals surface area contributed by atoms with Gasteiger partial charge in [-0.05, 0) is 42.8 Å². The molecule has 1 saturated heterocycles. The van der Waals surface area contributed by atoms with Crippen LogP contribution in [0.4, 0.5) is 5.69 Å². The first kappa shape index (κ1) is 43.6. The van der Waals surface area contributed by atoms with Crippen LogP contribution in [0, 0.1) is 28.1 Å². The molecule has 1 aliphatic heterocycles. The van der Waals surface area contributed by atoms with E-state index in [4.69, 9.17) is 64.9 Å². The summed E-state index contributed by atoms with van der Waals surface area (Å²) >= 11 is 18.6. The van der Waals surface area contributed by atoms with Crippen molar-refractivity contribution in [2.24, 2.45) is 0 Å². The minimum atomic E-state index is -0.407. The molecule has 0 radical (unpaired) electrons. The summed E-state index contributed by atoms with van der Waals surface area (Å²) in [7, 11) is 0. The zero-order valence-corrected chi connectivity index (χ0v) is 32.2. The van der Waals surface area contributed by atoms with Gasteiger partial charge in [0.15, 0.2) is 0 Å². The van der Waals surface area contributed by atoms with Gasteiger partial charge in [0, 0.05) is 68.0 Å². The van der Waals surface area contributed by atoms with Crippen molar-refractivity contribution in [2.75, 3.05) is 104 Å². The normalized spacial score (nSPS) is 13.6. The van der Waals surface area contributed by atoms with E-state index >= 15 is 0 Å². The topological polar surface area (TPSA) is 167 Å². The number of benzene rings is 2. The molecule has 53 heavy (non-hydrogen) atoms. The molecule has 0 atom stereocenters. The first-order valence-electron chi connectivity index (χ1n) is 17.4. The van der Waals surface area contributed by atoms with E-state index in [2.05, 4.69) is 27.7 Å². The number of rotatable bonds is 23. The maximum atomic E-state index is 13.5. The number of amides is 2. The average Bonchev–Trinajstić information content (AvgIpc) is 3.15. The Bertz CT molecular complexity index is 1580. The fourth-order valence-electron chi connectivity index (χ4n) is 5.26. The van der Waals surface area contributed by atoms with Crippen LogP contribution < -0.4 is 10.6 Å². The molecule has 2 aromatic rings. The molecule has 1 aliphatic rings. The number of hydrogen-bond donors (Lipinski definition) is 3. The smallest absolute Gasteiger partial charge is 0.272 e. The number of nitrogens with one attached hydrogen (secondary N) is 3. The highest BCUT2D eigenvalue weighted by Crippen LogP contribution is 2.30. The zero-order chi connectivity index (χ0) is 38.4. The Morgan fingerprint density at radius 2 is 1.40 bits per heavy atom. The summed E-state index contributed by atoms with van der Waals surface area (Å²) in [6.45, 7) is 8.52. The number of piperazine rings is 1. The number of nitriles is 2. The predicted octanol–water partition coefficient (Wildman–Crippen LogP) is 4.95. The molecule has 0 saturated carbocycles. The monoisotopic (exact) mass is 788 g/mol. The largest absolute Gasteiger partial charge is 0.379 e. The Kier molecular flexibility index (Phi) is 20.2. The van der Waals surface area contributed by atoms with Crippen LogP contribution in [0.2, 0.25) is 15.1 Å². The van der Waals surface area contributed by atoms with E-state index in [1.807, 2.05) is 4.90 Å². The van der Waals surface area contributed by atoms with E-state index < -0.39 is 5.91 Å². The molecule has 0 aliphatic carbocycles. The summed E-state index contributed by atoms with van der Waals surface area (Å²) in [5.74, 6) is -0.541. The molecule has 286 valence electrons. The fourth-order valence-corrected chi connectivity index (χ4v) is 5.84. The Balaban J connectivity index is 1.42. The summed E-state index contributed by atoms with van der Waals surface area (Å²) < 4.78 is 16.7.